The summed E-state index contributed by atoms with van der Waals surface area (Å²) in [5.41, 5.74) is 0. The molecule has 0 bridgehead atoms. The molecule has 96 valence electrons. The Hall–Kier alpha value is -1.76. The van der Waals surface area contributed by atoms with E-state index in [2.05, 4.69) is 15.5 Å². The van der Waals surface area contributed by atoms with E-state index in [0.29, 0.717) is 12.2 Å². The number of thiophene rings is 1. The maximum Gasteiger partial charge on any atom is 0.308 e. The topological polar surface area (TPSA) is 80.9 Å². The Labute approximate surface area is 108 Å². The summed E-state index contributed by atoms with van der Waals surface area (Å²) in [5, 5.41) is 22.5. The Kier molecular flexibility index (Phi) is 3.71. The lowest BCUT2D eigenvalue weighted by atomic mass is 10.0. The van der Waals surface area contributed by atoms with Crippen LogP contribution < -0.4 is 0 Å². The Bertz CT molecular complexity index is 523. The smallest absolute Gasteiger partial charge is 0.308 e. The number of carboxylic acid groups (broad SMARTS) is 1. The number of hydrogen-bond acceptors (Lipinski definition) is 5. The van der Waals surface area contributed by atoms with Crippen molar-refractivity contribution in [3.63, 3.8) is 0 Å². The van der Waals surface area contributed by atoms with Crippen molar-refractivity contribution in [3.05, 3.63) is 28.2 Å². The maximum atomic E-state index is 11.0. The summed E-state index contributed by atoms with van der Waals surface area (Å²) < 4.78 is 1.60. The first-order chi connectivity index (χ1) is 8.59. The van der Waals surface area contributed by atoms with Crippen molar-refractivity contribution in [2.24, 2.45) is 5.92 Å². The molecule has 0 saturated heterocycles. The van der Waals surface area contributed by atoms with Crippen LogP contribution in [0.2, 0.25) is 0 Å². The minimum Gasteiger partial charge on any atom is -0.481 e. The molecule has 2 rings (SSSR count). The van der Waals surface area contributed by atoms with Crippen molar-refractivity contribution in [1.82, 2.24) is 20.2 Å². The van der Waals surface area contributed by atoms with Crippen LogP contribution in [-0.4, -0.2) is 31.3 Å². The molecule has 0 saturated carbocycles. The summed E-state index contributed by atoms with van der Waals surface area (Å²) in [7, 11) is 0. The van der Waals surface area contributed by atoms with E-state index in [9.17, 15) is 4.79 Å². The van der Waals surface area contributed by atoms with Gasteiger partial charge in [0.05, 0.1) is 12.0 Å². The van der Waals surface area contributed by atoms with E-state index in [1.807, 2.05) is 24.4 Å². The molecular weight excluding hydrogens is 252 g/mol. The van der Waals surface area contributed by atoms with Gasteiger partial charge in [-0.3, -0.25) is 4.79 Å². The zero-order chi connectivity index (χ0) is 13.1. The number of rotatable bonds is 5. The van der Waals surface area contributed by atoms with Crippen molar-refractivity contribution >= 4 is 17.3 Å². The minimum absolute atomic E-state index is 0.271. The van der Waals surface area contributed by atoms with Crippen molar-refractivity contribution in [1.29, 1.82) is 0 Å². The third kappa shape index (κ3) is 2.56. The molecule has 1 N–H and O–H groups in total. The number of aromatic nitrogens is 4. The average molecular weight is 266 g/mol. The highest BCUT2D eigenvalue weighted by atomic mass is 32.1. The van der Waals surface area contributed by atoms with E-state index in [1.54, 1.807) is 22.9 Å². The SMILES string of the molecule is CC(C(=O)O)C(C)n1nnnc1Cc1cccs1. The normalized spacial score (nSPS) is 14.3. The zero-order valence-corrected chi connectivity index (χ0v) is 11.0. The number of tetrazole rings is 1. The van der Waals surface area contributed by atoms with Crippen molar-refractivity contribution in [2.75, 3.05) is 0 Å². The van der Waals surface area contributed by atoms with Crippen LogP contribution in [0.5, 0.6) is 0 Å². The van der Waals surface area contributed by atoms with Gasteiger partial charge in [0.15, 0.2) is 5.82 Å². The van der Waals surface area contributed by atoms with Crippen molar-refractivity contribution in [2.45, 2.75) is 26.3 Å². The van der Waals surface area contributed by atoms with E-state index >= 15 is 0 Å². The van der Waals surface area contributed by atoms with E-state index in [1.165, 1.54) is 0 Å². The average Bonchev–Trinajstić information content (AvgIpc) is 2.99. The summed E-state index contributed by atoms with van der Waals surface area (Å²) in [5.74, 6) is -0.686. The fourth-order valence-electron chi connectivity index (χ4n) is 1.63. The van der Waals surface area contributed by atoms with E-state index in [-0.39, 0.29) is 6.04 Å². The minimum atomic E-state index is -0.847. The van der Waals surface area contributed by atoms with E-state index in [4.69, 9.17) is 5.11 Å². The molecule has 0 aliphatic rings. The summed E-state index contributed by atoms with van der Waals surface area (Å²) >= 11 is 1.63. The molecule has 6 nitrogen and oxygen atoms in total. The third-order valence-corrected chi connectivity index (χ3v) is 3.85. The van der Waals surface area contributed by atoms with Crippen LogP contribution in [0.25, 0.3) is 0 Å². The van der Waals surface area contributed by atoms with Gasteiger partial charge >= 0.3 is 5.97 Å². The molecule has 2 atom stereocenters. The predicted molar refractivity (Wildman–Crippen MR) is 66.5 cm³/mol. The largest absolute Gasteiger partial charge is 0.481 e. The van der Waals surface area contributed by atoms with Crippen LogP contribution >= 0.6 is 11.3 Å². The highest BCUT2D eigenvalue weighted by Crippen LogP contribution is 2.20. The highest BCUT2D eigenvalue weighted by Gasteiger charge is 2.24. The Morgan fingerprint density at radius 1 is 1.56 bits per heavy atom. The van der Waals surface area contributed by atoms with Gasteiger partial charge in [-0.05, 0) is 35.7 Å². The molecule has 0 fully saturated rings. The summed E-state index contributed by atoms with van der Waals surface area (Å²) in [6.07, 6.45) is 0.626. The molecule has 7 heteroatoms. The summed E-state index contributed by atoms with van der Waals surface area (Å²) in [6, 6.07) is 3.71. The highest BCUT2D eigenvalue weighted by molar-refractivity contribution is 7.09. The number of carbonyl (C=O) groups is 1. The molecule has 18 heavy (non-hydrogen) atoms. The van der Waals surface area contributed by atoms with Gasteiger partial charge in [0.25, 0.3) is 0 Å². The number of hydrogen-bond donors (Lipinski definition) is 1. The van der Waals surface area contributed by atoms with Gasteiger partial charge in [-0.2, -0.15) is 0 Å². The monoisotopic (exact) mass is 266 g/mol. The van der Waals surface area contributed by atoms with Crippen LogP contribution in [0.4, 0.5) is 0 Å². The van der Waals surface area contributed by atoms with Gasteiger partial charge in [0, 0.05) is 11.3 Å². The number of carboxylic acids is 1. The standard InChI is InChI=1S/C11H14N4O2S/c1-7(11(16)17)8(2)15-10(12-13-14-15)6-9-4-3-5-18-9/h3-5,7-8H,6H2,1-2H3,(H,16,17). The molecule has 2 unspecified atom stereocenters. The zero-order valence-electron chi connectivity index (χ0n) is 10.1. The molecule has 0 spiro atoms. The first-order valence-electron chi connectivity index (χ1n) is 5.61. The maximum absolute atomic E-state index is 11.0. The molecule has 0 aliphatic heterocycles. The summed E-state index contributed by atoms with van der Waals surface area (Å²) in [6.45, 7) is 3.47. The van der Waals surface area contributed by atoms with Gasteiger partial charge in [-0.25, -0.2) is 4.68 Å². The lowest BCUT2D eigenvalue weighted by molar-refractivity contribution is -0.142. The van der Waals surface area contributed by atoms with E-state index in [0.717, 1.165) is 4.88 Å². The molecule has 2 heterocycles. The van der Waals surface area contributed by atoms with Gasteiger partial charge in [-0.1, -0.05) is 6.07 Å². The fourth-order valence-corrected chi connectivity index (χ4v) is 2.33. The van der Waals surface area contributed by atoms with Crippen LogP contribution in [0.3, 0.4) is 0 Å². The lowest BCUT2D eigenvalue weighted by Crippen LogP contribution is -2.24. The second-order valence-electron chi connectivity index (χ2n) is 4.16. The fraction of sp³-hybridized carbons (Fsp3) is 0.455. The molecular formula is C11H14N4O2S. The molecule has 0 amide bonds. The molecule has 2 aromatic rings. The molecule has 0 radical (unpaired) electrons. The van der Waals surface area contributed by atoms with Gasteiger partial charge in [-0.15, -0.1) is 16.4 Å². The molecule has 2 aromatic heterocycles. The quantitative estimate of drug-likeness (QED) is 0.889. The van der Waals surface area contributed by atoms with Gasteiger partial charge in [0.2, 0.25) is 0 Å². The lowest BCUT2D eigenvalue weighted by Gasteiger charge is -2.16. The molecule has 0 aromatic carbocycles. The first kappa shape index (κ1) is 12.7. The third-order valence-electron chi connectivity index (χ3n) is 2.97. The predicted octanol–water partition coefficient (Wildman–Crippen LogP) is 1.61. The number of nitrogens with zero attached hydrogens (tertiary/aromatic N) is 4. The Morgan fingerprint density at radius 2 is 2.33 bits per heavy atom. The van der Waals surface area contributed by atoms with Crippen LogP contribution in [0.1, 0.15) is 30.6 Å². The van der Waals surface area contributed by atoms with Crippen LogP contribution in [-0.2, 0) is 11.2 Å². The number of aliphatic carboxylic acids is 1. The Morgan fingerprint density at radius 3 is 2.94 bits per heavy atom. The van der Waals surface area contributed by atoms with E-state index < -0.39 is 11.9 Å². The van der Waals surface area contributed by atoms with Crippen LogP contribution in [0.15, 0.2) is 17.5 Å². The van der Waals surface area contributed by atoms with Gasteiger partial charge in [0.1, 0.15) is 0 Å². The second-order valence-corrected chi connectivity index (χ2v) is 5.20. The van der Waals surface area contributed by atoms with Crippen LogP contribution in [0, 0.1) is 5.92 Å². The van der Waals surface area contributed by atoms with Crippen molar-refractivity contribution < 1.29 is 9.90 Å². The van der Waals surface area contributed by atoms with Gasteiger partial charge < -0.3 is 5.11 Å². The first-order valence-corrected chi connectivity index (χ1v) is 6.49. The second kappa shape index (κ2) is 5.26. The Balaban J connectivity index is 2.19. The molecule has 0 aliphatic carbocycles. The summed E-state index contributed by atoms with van der Waals surface area (Å²) in [4.78, 5) is 12.1. The van der Waals surface area contributed by atoms with Crippen molar-refractivity contribution in [3.8, 4) is 0 Å².